The van der Waals surface area contributed by atoms with Crippen LogP contribution in [0.2, 0.25) is 5.02 Å². The Kier molecular flexibility index (Phi) is 4.77. The van der Waals surface area contributed by atoms with E-state index in [2.05, 4.69) is 0 Å². The van der Waals surface area contributed by atoms with E-state index in [4.69, 9.17) is 16.3 Å². The van der Waals surface area contributed by atoms with Gasteiger partial charge in [0, 0.05) is 5.02 Å². The van der Waals surface area contributed by atoms with Crippen LogP contribution in [-0.2, 0) is 9.53 Å². The second-order valence-electron chi connectivity index (χ2n) is 3.81. The third-order valence-electron chi connectivity index (χ3n) is 1.96. The second kappa shape index (κ2) is 5.87. The highest BCUT2D eigenvalue weighted by Gasteiger charge is 2.15. The Morgan fingerprint density at radius 1 is 1.50 bits per heavy atom. The topological polar surface area (TPSA) is 46.5 Å². The van der Waals surface area contributed by atoms with Gasteiger partial charge in [-0.2, -0.15) is 0 Å². The lowest BCUT2D eigenvalue weighted by atomic mass is 10.1. The zero-order valence-corrected chi connectivity index (χ0v) is 10.1. The van der Waals surface area contributed by atoms with Crippen molar-refractivity contribution < 1.29 is 14.6 Å². The van der Waals surface area contributed by atoms with Crippen LogP contribution in [0.1, 0.15) is 31.9 Å². The van der Waals surface area contributed by atoms with Crippen molar-refractivity contribution in [1.29, 1.82) is 0 Å². The fourth-order valence-corrected chi connectivity index (χ4v) is 1.50. The Labute approximate surface area is 100.0 Å². The summed E-state index contributed by atoms with van der Waals surface area (Å²) in [7, 11) is 0. The van der Waals surface area contributed by atoms with Crippen molar-refractivity contribution in [3.63, 3.8) is 0 Å². The first-order chi connectivity index (χ1) is 7.49. The molecular weight excluding hydrogens is 228 g/mol. The first-order valence-corrected chi connectivity index (χ1v) is 5.50. The quantitative estimate of drug-likeness (QED) is 0.826. The molecular formula is C12H15ClO3. The monoisotopic (exact) mass is 242 g/mol. The summed E-state index contributed by atoms with van der Waals surface area (Å²) < 4.78 is 4.94. The largest absolute Gasteiger partial charge is 0.463 e. The molecule has 0 aliphatic carbocycles. The molecule has 0 spiro atoms. The van der Waals surface area contributed by atoms with Crippen molar-refractivity contribution in [3.05, 3.63) is 34.9 Å². The predicted molar refractivity (Wildman–Crippen MR) is 62.3 cm³/mol. The highest BCUT2D eigenvalue weighted by atomic mass is 35.5. The van der Waals surface area contributed by atoms with E-state index in [1.807, 2.05) is 0 Å². The van der Waals surface area contributed by atoms with Crippen LogP contribution >= 0.6 is 11.6 Å². The van der Waals surface area contributed by atoms with Crippen LogP contribution in [0, 0.1) is 0 Å². The Morgan fingerprint density at radius 3 is 2.75 bits per heavy atom. The zero-order chi connectivity index (χ0) is 12.1. The molecule has 0 bridgehead atoms. The number of carbonyl (C=O) groups excluding carboxylic acids is 1. The van der Waals surface area contributed by atoms with Gasteiger partial charge in [0.1, 0.15) is 0 Å². The standard InChI is InChI=1S/C12H15ClO3/c1-8(2)16-12(15)7-11(14)9-4-3-5-10(13)6-9/h3-6,8,11,14H,7H2,1-2H3. The number of hydrogen-bond donors (Lipinski definition) is 1. The van der Waals surface area contributed by atoms with Crippen LogP contribution < -0.4 is 0 Å². The van der Waals surface area contributed by atoms with E-state index in [1.165, 1.54) is 0 Å². The molecule has 0 amide bonds. The number of aliphatic hydroxyl groups is 1. The molecule has 0 radical (unpaired) electrons. The first-order valence-electron chi connectivity index (χ1n) is 5.12. The lowest BCUT2D eigenvalue weighted by Crippen LogP contribution is -2.14. The van der Waals surface area contributed by atoms with Gasteiger partial charge in [0.25, 0.3) is 0 Å². The average Bonchev–Trinajstić information content (AvgIpc) is 2.16. The fourth-order valence-electron chi connectivity index (χ4n) is 1.30. The molecule has 16 heavy (non-hydrogen) atoms. The van der Waals surface area contributed by atoms with Crippen molar-refractivity contribution in [2.24, 2.45) is 0 Å². The molecule has 1 rings (SSSR count). The smallest absolute Gasteiger partial charge is 0.309 e. The van der Waals surface area contributed by atoms with Gasteiger partial charge in [-0.25, -0.2) is 0 Å². The molecule has 1 unspecified atom stereocenters. The predicted octanol–water partition coefficient (Wildman–Crippen LogP) is 2.72. The number of ether oxygens (including phenoxy) is 1. The van der Waals surface area contributed by atoms with Crippen LogP contribution in [-0.4, -0.2) is 17.2 Å². The molecule has 1 aromatic rings. The summed E-state index contributed by atoms with van der Waals surface area (Å²) in [6.45, 7) is 3.54. The number of aliphatic hydroxyl groups excluding tert-OH is 1. The molecule has 1 aromatic carbocycles. The molecule has 4 heteroatoms. The number of rotatable bonds is 4. The molecule has 1 N–H and O–H groups in total. The lowest BCUT2D eigenvalue weighted by Gasteiger charge is -2.12. The molecule has 0 saturated heterocycles. The molecule has 0 aliphatic rings. The maximum atomic E-state index is 11.3. The number of esters is 1. The Balaban J connectivity index is 2.58. The van der Waals surface area contributed by atoms with Gasteiger partial charge in [0.05, 0.1) is 18.6 Å². The maximum Gasteiger partial charge on any atom is 0.309 e. The molecule has 0 fully saturated rings. The molecule has 0 aliphatic heterocycles. The van der Waals surface area contributed by atoms with Crippen LogP contribution in [0.3, 0.4) is 0 Å². The second-order valence-corrected chi connectivity index (χ2v) is 4.25. The lowest BCUT2D eigenvalue weighted by molar-refractivity contribution is -0.149. The molecule has 0 saturated carbocycles. The van der Waals surface area contributed by atoms with Gasteiger partial charge >= 0.3 is 5.97 Å². The van der Waals surface area contributed by atoms with Gasteiger partial charge in [0.15, 0.2) is 0 Å². The van der Waals surface area contributed by atoms with Gasteiger partial charge in [0.2, 0.25) is 0 Å². The zero-order valence-electron chi connectivity index (χ0n) is 9.31. The summed E-state index contributed by atoms with van der Waals surface area (Å²) in [6, 6.07) is 6.80. The third-order valence-corrected chi connectivity index (χ3v) is 2.20. The minimum atomic E-state index is -0.870. The number of benzene rings is 1. The molecule has 0 heterocycles. The average molecular weight is 243 g/mol. The van der Waals surface area contributed by atoms with E-state index in [0.29, 0.717) is 10.6 Å². The highest BCUT2D eigenvalue weighted by Crippen LogP contribution is 2.20. The first kappa shape index (κ1) is 13.0. The van der Waals surface area contributed by atoms with Crippen LogP contribution in [0.25, 0.3) is 0 Å². The van der Waals surface area contributed by atoms with Gasteiger partial charge in [-0.3, -0.25) is 4.79 Å². The minimum absolute atomic E-state index is 0.0570. The van der Waals surface area contributed by atoms with Crippen molar-refractivity contribution in [2.45, 2.75) is 32.5 Å². The number of hydrogen-bond acceptors (Lipinski definition) is 3. The summed E-state index contributed by atoms with van der Waals surface area (Å²) in [6.07, 6.45) is -1.09. The van der Waals surface area contributed by atoms with E-state index >= 15 is 0 Å². The van der Waals surface area contributed by atoms with Gasteiger partial charge in [-0.1, -0.05) is 23.7 Å². The van der Waals surface area contributed by atoms with Gasteiger partial charge in [-0.05, 0) is 31.5 Å². The van der Waals surface area contributed by atoms with Crippen molar-refractivity contribution in [3.8, 4) is 0 Å². The molecule has 88 valence electrons. The van der Waals surface area contributed by atoms with Crippen LogP contribution in [0.15, 0.2) is 24.3 Å². The van der Waals surface area contributed by atoms with E-state index in [9.17, 15) is 9.90 Å². The van der Waals surface area contributed by atoms with Gasteiger partial charge < -0.3 is 9.84 Å². The number of halogens is 1. The summed E-state index contributed by atoms with van der Waals surface area (Å²) in [4.78, 5) is 11.3. The number of carbonyl (C=O) groups is 1. The SMILES string of the molecule is CC(C)OC(=O)CC(O)c1cccc(Cl)c1. The van der Waals surface area contributed by atoms with Crippen molar-refractivity contribution in [1.82, 2.24) is 0 Å². The van der Waals surface area contributed by atoms with E-state index in [0.717, 1.165) is 0 Å². The minimum Gasteiger partial charge on any atom is -0.463 e. The normalized spacial score (nSPS) is 12.6. The van der Waals surface area contributed by atoms with E-state index in [-0.39, 0.29) is 12.5 Å². The van der Waals surface area contributed by atoms with Crippen molar-refractivity contribution >= 4 is 17.6 Å². The molecule has 3 nitrogen and oxygen atoms in total. The molecule has 1 atom stereocenters. The Hall–Kier alpha value is -1.06. The summed E-state index contributed by atoms with van der Waals surface area (Å²) >= 11 is 5.78. The summed E-state index contributed by atoms with van der Waals surface area (Å²) in [5, 5.41) is 10.3. The van der Waals surface area contributed by atoms with Crippen molar-refractivity contribution in [2.75, 3.05) is 0 Å². The van der Waals surface area contributed by atoms with E-state index < -0.39 is 12.1 Å². The Bertz CT molecular complexity index is 363. The fraction of sp³-hybridized carbons (Fsp3) is 0.417. The van der Waals surface area contributed by atoms with E-state index in [1.54, 1.807) is 38.1 Å². The van der Waals surface area contributed by atoms with Crippen LogP contribution in [0.4, 0.5) is 0 Å². The highest BCUT2D eigenvalue weighted by molar-refractivity contribution is 6.30. The van der Waals surface area contributed by atoms with Crippen LogP contribution in [0.5, 0.6) is 0 Å². The molecule has 0 aromatic heterocycles. The van der Waals surface area contributed by atoms with Gasteiger partial charge in [-0.15, -0.1) is 0 Å². The third kappa shape index (κ3) is 4.21. The summed E-state index contributed by atoms with van der Waals surface area (Å²) in [5.41, 5.74) is 0.619. The Morgan fingerprint density at radius 2 is 2.19 bits per heavy atom. The summed E-state index contributed by atoms with van der Waals surface area (Å²) in [5.74, 6) is -0.414. The maximum absolute atomic E-state index is 11.3.